The molecule has 22 rings (SSSR count). The fraction of sp³-hybridized carbons (Fsp3) is 0.0323. The molecule has 0 radical (unpaired) electrons. The summed E-state index contributed by atoms with van der Waals surface area (Å²) in [4.78, 5) is 0. The van der Waals surface area contributed by atoms with Crippen LogP contribution in [0.15, 0.2) is 485 Å². The number of hydrogen-bond donors (Lipinski definition) is 0. The summed E-state index contributed by atoms with van der Waals surface area (Å²) >= 11 is 0. The first-order valence-corrected chi connectivity index (χ1v) is 43.0. The topological polar surface area (TPSA) is 0 Å². The summed E-state index contributed by atoms with van der Waals surface area (Å²) in [6.07, 6.45) is 0. The van der Waals surface area contributed by atoms with Crippen molar-refractivity contribution in [3.63, 3.8) is 0 Å². The van der Waals surface area contributed by atoms with E-state index in [1.165, 1.54) is 220 Å². The van der Waals surface area contributed by atoms with Gasteiger partial charge >= 0.3 is 0 Å². The molecule has 0 N–H and O–H groups in total. The molecule has 0 aliphatic heterocycles. The van der Waals surface area contributed by atoms with Crippen LogP contribution in [0.2, 0.25) is 0 Å². The maximum Gasteiger partial charge on any atom is -0.0105 e. The molecule has 0 bridgehead atoms. The number of rotatable bonds is 12. The third-order valence-corrected chi connectivity index (χ3v) is 24.0. The molecular formula is C124H92. The van der Waals surface area contributed by atoms with Gasteiger partial charge in [0.15, 0.2) is 0 Å². The highest BCUT2D eigenvalue weighted by Crippen LogP contribution is 2.43. The maximum absolute atomic E-state index is 2.35. The van der Waals surface area contributed by atoms with Gasteiger partial charge in [-0.05, 0) is 311 Å². The van der Waals surface area contributed by atoms with Crippen molar-refractivity contribution >= 4 is 64.6 Å². The van der Waals surface area contributed by atoms with Crippen molar-refractivity contribution < 1.29 is 0 Å². The lowest BCUT2D eigenvalue weighted by Gasteiger charge is -2.14. The molecule has 22 aromatic carbocycles. The van der Waals surface area contributed by atoms with Gasteiger partial charge in [-0.2, -0.15) is 0 Å². The van der Waals surface area contributed by atoms with Gasteiger partial charge in [-0.1, -0.05) is 423 Å². The predicted octanol–water partition coefficient (Wildman–Crippen LogP) is 34.9. The zero-order valence-corrected chi connectivity index (χ0v) is 70.2. The SMILES string of the molecule is Cc1ccc(-c2cc(-c3ccc4ccccc4c3)cc(-c3ccc4ccccc4c3)c2)cc1.Cc1ccc(-c2cc(-c3cccc4ccccc34)cc(-c3cccc4ccccc34)c2)cc1.Cc1cccc(-c2cc(-c3cccc4ccccc34)cc(-c3cccc4ccccc34)c2)c1.Cc1cccc(-c2cc(-c3ccccc3)cc(-c3ccccc3)c2)c1. The molecule has 0 saturated heterocycles. The monoisotopic (exact) mass is 1580 g/mol. The number of benzene rings is 22. The molecule has 0 unspecified atom stereocenters. The summed E-state index contributed by atoms with van der Waals surface area (Å²) in [5.74, 6) is 0. The Hall–Kier alpha value is -15.6. The zero-order chi connectivity index (χ0) is 83.7. The van der Waals surface area contributed by atoms with Gasteiger partial charge < -0.3 is 0 Å². The summed E-state index contributed by atoms with van der Waals surface area (Å²) in [6, 6.07) is 176. The molecule has 124 heavy (non-hydrogen) atoms. The van der Waals surface area contributed by atoms with Crippen LogP contribution in [0.25, 0.3) is 198 Å². The van der Waals surface area contributed by atoms with E-state index in [4.69, 9.17) is 0 Å². The van der Waals surface area contributed by atoms with E-state index in [9.17, 15) is 0 Å². The molecule has 0 heteroatoms. The van der Waals surface area contributed by atoms with Gasteiger partial charge in [0, 0.05) is 0 Å². The van der Waals surface area contributed by atoms with E-state index >= 15 is 0 Å². The molecule has 22 aromatic rings. The number of hydrogen-bond acceptors (Lipinski definition) is 0. The van der Waals surface area contributed by atoms with Crippen LogP contribution < -0.4 is 0 Å². The van der Waals surface area contributed by atoms with Crippen LogP contribution in [-0.2, 0) is 0 Å². The first-order chi connectivity index (χ1) is 61.0. The highest BCUT2D eigenvalue weighted by atomic mass is 14.2. The lowest BCUT2D eigenvalue weighted by molar-refractivity contribution is 1.46. The van der Waals surface area contributed by atoms with E-state index in [0.717, 1.165) is 0 Å². The summed E-state index contributed by atoms with van der Waals surface area (Å²) in [7, 11) is 0. The Bertz CT molecular complexity index is 7240. The minimum absolute atomic E-state index is 1.24. The van der Waals surface area contributed by atoms with Crippen molar-refractivity contribution in [2.24, 2.45) is 0 Å². The minimum atomic E-state index is 1.24. The molecule has 0 saturated carbocycles. The van der Waals surface area contributed by atoms with Crippen molar-refractivity contribution in [2.45, 2.75) is 27.7 Å². The average molecular weight is 1580 g/mol. The quantitative estimate of drug-likeness (QED) is 0.114. The van der Waals surface area contributed by atoms with E-state index in [1.807, 2.05) is 0 Å². The fourth-order valence-corrected chi connectivity index (χ4v) is 17.5. The Balaban J connectivity index is 0.000000109. The van der Waals surface area contributed by atoms with Gasteiger partial charge in [-0.15, -0.1) is 0 Å². The van der Waals surface area contributed by atoms with Gasteiger partial charge in [0.2, 0.25) is 0 Å². The van der Waals surface area contributed by atoms with Crippen LogP contribution >= 0.6 is 0 Å². The van der Waals surface area contributed by atoms with Crippen LogP contribution in [0.5, 0.6) is 0 Å². The van der Waals surface area contributed by atoms with Crippen molar-refractivity contribution in [1.29, 1.82) is 0 Å². The standard InChI is InChI=1S/3C33H24.C25H20/c1-23-9-6-14-26(19-23)27-20-28(32-17-7-12-24-10-2-4-15-30(24)32)22-29(21-27)33-18-8-13-25-11-3-5-16-31(25)33;1-23-16-18-24(19-17-23)27-20-28(32-14-6-10-25-8-2-4-12-30(25)32)22-29(21-27)33-15-7-11-26-9-3-5-13-31(26)33;1-23-10-12-26(13-11-23)31-20-32(29-16-14-24-6-2-4-8-27(24)18-29)22-33(21-31)30-17-15-25-7-3-5-9-28(25)19-30;1-19-9-8-14-22(15-19)25-17-23(20-10-4-2-5-11-20)16-24(18-25)21-12-6-3-7-13-21/h3*2-22H,1H3;2-18H,1H3. The second-order valence-electron chi connectivity index (χ2n) is 32.6. The number of aryl methyl sites for hydroxylation is 4. The van der Waals surface area contributed by atoms with E-state index in [2.05, 4.69) is 513 Å². The van der Waals surface area contributed by atoms with Gasteiger partial charge in [0.05, 0.1) is 0 Å². The fourth-order valence-electron chi connectivity index (χ4n) is 17.5. The molecular weight excluding hydrogens is 1490 g/mol. The van der Waals surface area contributed by atoms with Gasteiger partial charge in [-0.3, -0.25) is 0 Å². The van der Waals surface area contributed by atoms with Crippen molar-refractivity contribution in [2.75, 3.05) is 0 Å². The Morgan fingerprint density at radius 1 is 0.0968 bits per heavy atom. The molecule has 0 amide bonds. The summed E-state index contributed by atoms with van der Waals surface area (Å²) in [5.41, 5.74) is 35.1. The smallest absolute Gasteiger partial charge is 0.0105 e. The van der Waals surface area contributed by atoms with Crippen LogP contribution in [0.3, 0.4) is 0 Å². The molecule has 0 aliphatic carbocycles. The third-order valence-electron chi connectivity index (χ3n) is 24.0. The minimum Gasteiger partial charge on any atom is -0.0622 e. The zero-order valence-electron chi connectivity index (χ0n) is 70.2. The molecule has 0 nitrogen and oxygen atoms in total. The molecule has 0 atom stereocenters. The molecule has 0 aliphatic rings. The van der Waals surface area contributed by atoms with Gasteiger partial charge in [0.1, 0.15) is 0 Å². The molecule has 0 spiro atoms. The molecule has 588 valence electrons. The van der Waals surface area contributed by atoms with Gasteiger partial charge in [-0.25, -0.2) is 0 Å². The first-order valence-electron chi connectivity index (χ1n) is 43.0. The Labute approximate surface area is 728 Å². The second kappa shape index (κ2) is 35.8. The Kier molecular flexibility index (Phi) is 22.6. The molecule has 0 heterocycles. The van der Waals surface area contributed by atoms with E-state index in [1.54, 1.807) is 0 Å². The third kappa shape index (κ3) is 17.4. The maximum atomic E-state index is 2.35. The van der Waals surface area contributed by atoms with Gasteiger partial charge in [0.25, 0.3) is 0 Å². The van der Waals surface area contributed by atoms with E-state index < -0.39 is 0 Å². The summed E-state index contributed by atoms with van der Waals surface area (Å²) in [5, 5.41) is 15.3. The summed E-state index contributed by atoms with van der Waals surface area (Å²) in [6.45, 7) is 8.57. The van der Waals surface area contributed by atoms with E-state index in [-0.39, 0.29) is 0 Å². The lowest BCUT2D eigenvalue weighted by Crippen LogP contribution is -1.88. The van der Waals surface area contributed by atoms with Crippen LogP contribution in [0.1, 0.15) is 22.3 Å². The highest BCUT2D eigenvalue weighted by molar-refractivity contribution is 6.04. The first kappa shape index (κ1) is 78.3. The second-order valence-corrected chi connectivity index (χ2v) is 32.6. The van der Waals surface area contributed by atoms with Crippen molar-refractivity contribution in [3.05, 3.63) is 508 Å². The highest BCUT2D eigenvalue weighted by Gasteiger charge is 2.17. The normalized spacial score (nSPS) is 11.1. The van der Waals surface area contributed by atoms with Crippen LogP contribution in [-0.4, -0.2) is 0 Å². The number of fused-ring (bicyclic) bond motifs is 6. The van der Waals surface area contributed by atoms with E-state index in [0.29, 0.717) is 0 Å². The van der Waals surface area contributed by atoms with Crippen LogP contribution in [0.4, 0.5) is 0 Å². The molecule has 0 aromatic heterocycles. The average Bonchev–Trinajstić information content (AvgIpc) is 0.779. The van der Waals surface area contributed by atoms with Crippen molar-refractivity contribution in [3.8, 4) is 134 Å². The largest absolute Gasteiger partial charge is 0.0622 e. The van der Waals surface area contributed by atoms with Crippen molar-refractivity contribution in [1.82, 2.24) is 0 Å². The van der Waals surface area contributed by atoms with Crippen LogP contribution in [0, 0.1) is 27.7 Å². The summed E-state index contributed by atoms with van der Waals surface area (Å²) < 4.78 is 0. The Morgan fingerprint density at radius 3 is 0.597 bits per heavy atom. The predicted molar refractivity (Wildman–Crippen MR) is 535 cm³/mol. The lowest BCUT2D eigenvalue weighted by atomic mass is 9.89. The Morgan fingerprint density at radius 2 is 0.298 bits per heavy atom. The molecule has 0 fully saturated rings.